The van der Waals surface area contributed by atoms with Crippen LogP contribution in [0, 0.1) is 16.7 Å². The predicted molar refractivity (Wildman–Crippen MR) is 214 cm³/mol. The molecule has 4 fully saturated rings. The number of carbonyl (C=O) groups excluding carboxylic acids is 5. The average molecular weight is 806 g/mol. The van der Waals surface area contributed by atoms with Gasteiger partial charge in [0.2, 0.25) is 11.8 Å². The highest BCUT2D eigenvalue weighted by atomic mass is 35.5. The standard InChI is InChI=1S/C44H45ClFN7O5/c1-27-21-43(25-52(27)33-7-4-29(22-47)36(45)20-33)10-14-50(15-11-43)32-5-2-28(3-6-32)40(56)51-16-12-44(46,13-17-51)26-49-23-30-18-34-35(19-31(30)24-49)42(58)53(41(34)57)37-8-9-38(54)48-39(37)55/h2-7,18-20,27,37H,8-17,21,23-26H2,1H3,(H,48,54,55). The van der Waals surface area contributed by atoms with Crippen molar-refractivity contribution in [1.29, 1.82) is 5.26 Å². The number of likely N-dealkylation sites (tertiary alicyclic amines) is 1. The van der Waals surface area contributed by atoms with E-state index in [4.69, 9.17) is 11.6 Å². The van der Waals surface area contributed by atoms with Crippen LogP contribution >= 0.6 is 11.6 Å². The lowest BCUT2D eigenvalue weighted by Crippen LogP contribution is -2.54. The molecule has 3 aromatic carbocycles. The zero-order chi connectivity index (χ0) is 40.5. The van der Waals surface area contributed by atoms with Crippen LogP contribution in [0.5, 0.6) is 0 Å². The highest BCUT2D eigenvalue weighted by Gasteiger charge is 2.47. The van der Waals surface area contributed by atoms with Crippen molar-refractivity contribution in [2.45, 2.75) is 82.7 Å². The summed E-state index contributed by atoms with van der Waals surface area (Å²) in [6.07, 6.45) is 3.80. The zero-order valence-electron chi connectivity index (χ0n) is 32.4. The summed E-state index contributed by atoms with van der Waals surface area (Å²) in [5, 5.41) is 12.0. The van der Waals surface area contributed by atoms with E-state index in [0.717, 1.165) is 66.3 Å². The second kappa shape index (κ2) is 14.5. The predicted octanol–water partition coefficient (Wildman–Crippen LogP) is 5.46. The highest BCUT2D eigenvalue weighted by Crippen LogP contribution is 2.46. The molecule has 0 aromatic heterocycles. The van der Waals surface area contributed by atoms with Crippen molar-refractivity contribution in [3.05, 3.63) is 93.0 Å². The lowest BCUT2D eigenvalue weighted by atomic mass is 9.76. The van der Waals surface area contributed by atoms with Crippen molar-refractivity contribution < 1.29 is 28.4 Å². The third-order valence-corrected chi connectivity index (χ3v) is 13.8. The SMILES string of the molecule is CC1CC2(CCN(c3ccc(C(=O)N4CCC(F)(CN5Cc6cc7c(cc6C5)C(=O)N(C5CCC(=O)NC5=O)C7=O)CC4)cc3)CC2)CN1c1ccc(C#N)c(Cl)c1. The summed E-state index contributed by atoms with van der Waals surface area (Å²) in [4.78, 5) is 73.7. The Morgan fingerprint density at radius 3 is 2.14 bits per heavy atom. The van der Waals surface area contributed by atoms with E-state index in [2.05, 4.69) is 28.1 Å². The summed E-state index contributed by atoms with van der Waals surface area (Å²) in [6, 6.07) is 18.4. The molecule has 6 heterocycles. The number of imide groups is 2. The molecule has 6 aliphatic rings. The number of halogens is 2. The molecule has 300 valence electrons. The normalized spacial score (nSPS) is 24.0. The molecule has 9 rings (SSSR count). The van der Waals surface area contributed by atoms with Gasteiger partial charge in [-0.05, 0) is 104 Å². The summed E-state index contributed by atoms with van der Waals surface area (Å²) < 4.78 is 16.3. The summed E-state index contributed by atoms with van der Waals surface area (Å²) in [7, 11) is 0. The number of alkyl halides is 1. The van der Waals surface area contributed by atoms with Gasteiger partial charge in [0.15, 0.2) is 0 Å². The van der Waals surface area contributed by atoms with Gasteiger partial charge in [0.05, 0.1) is 21.7 Å². The van der Waals surface area contributed by atoms with Gasteiger partial charge in [-0.25, -0.2) is 4.39 Å². The number of carbonyl (C=O) groups is 5. The number of anilines is 2. The summed E-state index contributed by atoms with van der Waals surface area (Å²) in [6.45, 7) is 6.71. The lowest BCUT2D eigenvalue weighted by molar-refractivity contribution is -0.136. The van der Waals surface area contributed by atoms with Crippen LogP contribution in [0.3, 0.4) is 0 Å². The Bertz CT molecular complexity index is 2230. The van der Waals surface area contributed by atoms with Gasteiger partial charge in [-0.15, -0.1) is 0 Å². The Kier molecular flexibility index (Phi) is 9.55. The maximum Gasteiger partial charge on any atom is 0.262 e. The van der Waals surface area contributed by atoms with Crippen molar-refractivity contribution in [2.24, 2.45) is 5.41 Å². The Hall–Kier alpha value is -5.32. The molecule has 6 aliphatic heterocycles. The first-order chi connectivity index (χ1) is 27.8. The van der Waals surface area contributed by atoms with Crippen LogP contribution in [0.2, 0.25) is 5.02 Å². The number of hydrogen-bond donors (Lipinski definition) is 1. The molecule has 2 unspecified atom stereocenters. The zero-order valence-corrected chi connectivity index (χ0v) is 33.2. The molecule has 2 atom stereocenters. The van der Waals surface area contributed by atoms with Gasteiger partial charge in [0, 0.05) is 94.6 Å². The maximum atomic E-state index is 16.3. The minimum absolute atomic E-state index is 0.0560. The van der Waals surface area contributed by atoms with Crippen LogP contribution in [0.4, 0.5) is 15.8 Å². The first-order valence-electron chi connectivity index (χ1n) is 20.2. The van der Waals surface area contributed by atoms with Crippen LogP contribution in [0.25, 0.3) is 0 Å². The Labute approximate surface area is 341 Å². The largest absolute Gasteiger partial charge is 0.371 e. The van der Waals surface area contributed by atoms with Gasteiger partial charge in [-0.1, -0.05) is 11.6 Å². The van der Waals surface area contributed by atoms with E-state index in [9.17, 15) is 29.2 Å². The first kappa shape index (κ1) is 38.2. The van der Waals surface area contributed by atoms with Gasteiger partial charge < -0.3 is 14.7 Å². The molecule has 0 aliphatic carbocycles. The van der Waals surface area contributed by atoms with Crippen LogP contribution in [-0.4, -0.2) is 101 Å². The lowest BCUT2D eigenvalue weighted by Gasteiger charge is -2.40. The summed E-state index contributed by atoms with van der Waals surface area (Å²) in [5.41, 5.74) is 4.11. The fraction of sp³-hybridized carbons (Fsp3) is 0.455. The highest BCUT2D eigenvalue weighted by molar-refractivity contribution is 6.32. The van der Waals surface area contributed by atoms with Crippen molar-refractivity contribution in [3.63, 3.8) is 0 Å². The number of hydrogen-bond acceptors (Lipinski definition) is 9. The number of nitrogens with zero attached hydrogens (tertiary/aromatic N) is 6. The topological polar surface area (TPSA) is 137 Å². The summed E-state index contributed by atoms with van der Waals surface area (Å²) in [5.74, 6) is -2.27. The Balaban J connectivity index is 0.759. The molecule has 0 bridgehead atoms. The average Bonchev–Trinajstić information content (AvgIpc) is 3.83. The molecule has 3 aromatic rings. The minimum atomic E-state index is -1.49. The second-order valence-electron chi connectivity index (χ2n) is 17.2. The first-order valence-corrected chi connectivity index (χ1v) is 20.6. The number of nitriles is 1. The van der Waals surface area contributed by atoms with Crippen LogP contribution in [0.15, 0.2) is 54.6 Å². The molecule has 58 heavy (non-hydrogen) atoms. The molecule has 1 spiro atoms. The number of benzene rings is 3. The maximum absolute atomic E-state index is 16.3. The second-order valence-corrected chi connectivity index (χ2v) is 17.6. The molecule has 5 amide bonds. The van der Waals surface area contributed by atoms with E-state index in [1.165, 1.54) is 0 Å². The smallest absolute Gasteiger partial charge is 0.262 e. The van der Waals surface area contributed by atoms with Gasteiger partial charge in [-0.3, -0.25) is 39.1 Å². The van der Waals surface area contributed by atoms with Crippen LogP contribution in [0.1, 0.15) is 99.6 Å². The van der Waals surface area contributed by atoms with E-state index < -0.39 is 35.3 Å². The van der Waals surface area contributed by atoms with E-state index in [0.29, 0.717) is 48.4 Å². The molecule has 12 nitrogen and oxygen atoms in total. The third kappa shape index (κ3) is 6.79. The van der Waals surface area contributed by atoms with Gasteiger partial charge in [-0.2, -0.15) is 5.26 Å². The molecular formula is C44H45ClFN7O5. The number of fused-ring (bicyclic) bond motifs is 2. The number of amides is 5. The fourth-order valence-corrected chi connectivity index (χ4v) is 10.5. The van der Waals surface area contributed by atoms with E-state index in [1.807, 2.05) is 41.3 Å². The minimum Gasteiger partial charge on any atom is -0.371 e. The summed E-state index contributed by atoms with van der Waals surface area (Å²) >= 11 is 6.37. The third-order valence-electron chi connectivity index (χ3n) is 13.5. The van der Waals surface area contributed by atoms with E-state index in [1.54, 1.807) is 23.1 Å². The molecule has 1 N–H and O–H groups in total. The van der Waals surface area contributed by atoms with Crippen molar-refractivity contribution in [3.8, 4) is 6.07 Å². The van der Waals surface area contributed by atoms with Gasteiger partial charge in [0.25, 0.3) is 17.7 Å². The van der Waals surface area contributed by atoms with Crippen molar-refractivity contribution in [1.82, 2.24) is 20.0 Å². The molecule has 0 saturated carbocycles. The monoisotopic (exact) mass is 805 g/mol. The Morgan fingerprint density at radius 1 is 0.897 bits per heavy atom. The molecular weight excluding hydrogens is 761 g/mol. The van der Waals surface area contributed by atoms with E-state index in [-0.39, 0.29) is 54.7 Å². The quantitative estimate of drug-likeness (QED) is 0.322. The van der Waals surface area contributed by atoms with Crippen LogP contribution in [-0.2, 0) is 22.7 Å². The van der Waals surface area contributed by atoms with Crippen molar-refractivity contribution >= 4 is 52.5 Å². The molecule has 4 saturated heterocycles. The van der Waals surface area contributed by atoms with Gasteiger partial charge >= 0.3 is 0 Å². The van der Waals surface area contributed by atoms with E-state index >= 15 is 4.39 Å². The van der Waals surface area contributed by atoms with Crippen LogP contribution < -0.4 is 15.1 Å². The van der Waals surface area contributed by atoms with Gasteiger partial charge in [0.1, 0.15) is 17.8 Å². The van der Waals surface area contributed by atoms with Crippen molar-refractivity contribution in [2.75, 3.05) is 49.1 Å². The molecule has 0 radical (unpaired) electrons. The fourth-order valence-electron chi connectivity index (χ4n) is 10.3. The number of rotatable bonds is 6. The number of nitrogens with one attached hydrogen (secondary N) is 1. The number of piperidine rings is 3. The Morgan fingerprint density at radius 2 is 1.53 bits per heavy atom. The molecule has 14 heteroatoms.